The largest absolute Gasteiger partial charge is 0.444 e. The van der Waals surface area contributed by atoms with Gasteiger partial charge in [-0.25, -0.2) is 4.79 Å². The standard InChI is InChI=1S/C19H24ClN5O3/c1-19(2,3)28-18(27)25-8-7-15-12(10-25)16(23-24(15)4)17(26)22-11-5-6-14(21)13(20)9-11/h5-6,9H,7-8,10,21H2,1-4H3,(H,22,26). The number of amides is 2. The van der Waals surface area contributed by atoms with Crippen molar-refractivity contribution in [2.75, 3.05) is 17.6 Å². The predicted molar refractivity (Wildman–Crippen MR) is 107 cm³/mol. The summed E-state index contributed by atoms with van der Waals surface area (Å²) in [4.78, 5) is 26.8. The van der Waals surface area contributed by atoms with Crippen molar-refractivity contribution >= 4 is 35.0 Å². The van der Waals surface area contributed by atoms with Gasteiger partial charge in [-0.1, -0.05) is 11.6 Å². The van der Waals surface area contributed by atoms with Gasteiger partial charge in [0.2, 0.25) is 0 Å². The maximum atomic E-state index is 12.8. The molecule has 0 atom stereocenters. The Morgan fingerprint density at radius 2 is 2.04 bits per heavy atom. The Kier molecular flexibility index (Phi) is 5.25. The van der Waals surface area contributed by atoms with Crippen molar-refractivity contribution in [3.63, 3.8) is 0 Å². The molecule has 28 heavy (non-hydrogen) atoms. The van der Waals surface area contributed by atoms with Gasteiger partial charge in [-0.2, -0.15) is 5.10 Å². The second-order valence-corrected chi connectivity index (χ2v) is 8.15. The SMILES string of the molecule is Cn1nc(C(=O)Nc2ccc(N)c(Cl)c2)c2c1CCN(C(=O)OC(C)(C)C)C2. The molecule has 0 unspecified atom stereocenters. The van der Waals surface area contributed by atoms with Gasteiger partial charge in [0.15, 0.2) is 5.69 Å². The number of halogens is 1. The van der Waals surface area contributed by atoms with E-state index >= 15 is 0 Å². The Morgan fingerprint density at radius 1 is 1.32 bits per heavy atom. The molecule has 3 N–H and O–H groups in total. The summed E-state index contributed by atoms with van der Waals surface area (Å²) in [5.41, 5.74) is 8.00. The molecule has 1 aliphatic heterocycles. The lowest BCUT2D eigenvalue weighted by Crippen LogP contribution is -2.40. The molecule has 2 heterocycles. The van der Waals surface area contributed by atoms with E-state index in [0.717, 1.165) is 11.3 Å². The van der Waals surface area contributed by atoms with Gasteiger partial charge in [0.05, 0.1) is 17.3 Å². The van der Waals surface area contributed by atoms with Crippen molar-refractivity contribution in [2.45, 2.75) is 39.3 Å². The number of nitrogens with one attached hydrogen (secondary N) is 1. The maximum absolute atomic E-state index is 12.8. The number of anilines is 2. The fourth-order valence-electron chi connectivity index (χ4n) is 3.05. The number of carbonyl (C=O) groups excluding carboxylic acids is 2. The number of nitrogens with two attached hydrogens (primary N) is 1. The van der Waals surface area contributed by atoms with Gasteiger partial charge in [0, 0.05) is 37.0 Å². The number of nitrogen functional groups attached to an aromatic ring is 1. The van der Waals surface area contributed by atoms with Crippen molar-refractivity contribution in [3.05, 3.63) is 40.2 Å². The number of aromatic nitrogens is 2. The topological polar surface area (TPSA) is 102 Å². The van der Waals surface area contributed by atoms with E-state index in [0.29, 0.717) is 29.4 Å². The minimum Gasteiger partial charge on any atom is -0.444 e. The van der Waals surface area contributed by atoms with Crippen LogP contribution in [-0.2, 0) is 24.8 Å². The zero-order valence-electron chi connectivity index (χ0n) is 16.4. The van der Waals surface area contributed by atoms with Gasteiger partial charge in [-0.15, -0.1) is 0 Å². The fraction of sp³-hybridized carbons (Fsp3) is 0.421. The van der Waals surface area contributed by atoms with Crippen LogP contribution in [0, 0.1) is 0 Å². The quantitative estimate of drug-likeness (QED) is 0.747. The average molecular weight is 406 g/mol. The van der Waals surface area contributed by atoms with Gasteiger partial charge < -0.3 is 20.7 Å². The summed E-state index contributed by atoms with van der Waals surface area (Å²) in [7, 11) is 1.79. The molecule has 1 aromatic carbocycles. The summed E-state index contributed by atoms with van der Waals surface area (Å²) in [6, 6.07) is 4.87. The molecule has 0 radical (unpaired) electrons. The predicted octanol–water partition coefficient (Wildman–Crippen LogP) is 3.20. The van der Waals surface area contributed by atoms with E-state index in [1.54, 1.807) is 34.8 Å². The van der Waals surface area contributed by atoms with Crippen LogP contribution in [0.25, 0.3) is 0 Å². The number of hydrogen-bond acceptors (Lipinski definition) is 5. The molecule has 0 saturated carbocycles. The maximum Gasteiger partial charge on any atom is 0.410 e. The third-order valence-electron chi connectivity index (χ3n) is 4.37. The number of ether oxygens (including phenoxy) is 1. The molecule has 0 fully saturated rings. The van der Waals surface area contributed by atoms with Gasteiger partial charge in [-0.05, 0) is 39.0 Å². The van der Waals surface area contributed by atoms with Crippen molar-refractivity contribution in [1.82, 2.24) is 14.7 Å². The van der Waals surface area contributed by atoms with E-state index in [4.69, 9.17) is 22.1 Å². The molecule has 0 aliphatic carbocycles. The number of carbonyl (C=O) groups is 2. The van der Waals surface area contributed by atoms with Crippen LogP contribution in [0.5, 0.6) is 0 Å². The van der Waals surface area contributed by atoms with E-state index in [-0.39, 0.29) is 18.1 Å². The molecule has 1 aromatic heterocycles. The molecule has 0 spiro atoms. The van der Waals surface area contributed by atoms with Gasteiger partial charge >= 0.3 is 6.09 Å². The number of nitrogens with zero attached hydrogens (tertiary/aromatic N) is 3. The summed E-state index contributed by atoms with van der Waals surface area (Å²) in [6.07, 6.45) is 0.192. The molecule has 9 heteroatoms. The summed E-state index contributed by atoms with van der Waals surface area (Å²) >= 11 is 6.02. The first-order valence-corrected chi connectivity index (χ1v) is 9.32. The first kappa shape index (κ1) is 20.0. The van der Waals surface area contributed by atoms with Crippen LogP contribution in [-0.4, -0.2) is 38.8 Å². The monoisotopic (exact) mass is 405 g/mol. The molecule has 150 valence electrons. The summed E-state index contributed by atoms with van der Waals surface area (Å²) in [5.74, 6) is -0.372. The zero-order valence-corrected chi connectivity index (χ0v) is 17.1. The molecule has 0 bridgehead atoms. The van der Waals surface area contributed by atoms with E-state index in [1.165, 1.54) is 0 Å². The average Bonchev–Trinajstić information content (AvgIpc) is 2.93. The number of fused-ring (bicyclic) bond motifs is 1. The first-order chi connectivity index (χ1) is 13.0. The molecular weight excluding hydrogens is 382 g/mol. The Morgan fingerprint density at radius 3 is 2.68 bits per heavy atom. The minimum absolute atomic E-state index is 0.267. The van der Waals surface area contributed by atoms with Crippen LogP contribution >= 0.6 is 11.6 Å². The Hall–Kier alpha value is -2.74. The number of aryl methyl sites for hydroxylation is 1. The molecule has 3 rings (SSSR count). The lowest BCUT2D eigenvalue weighted by Gasteiger charge is -2.30. The van der Waals surface area contributed by atoms with Crippen LogP contribution in [0.3, 0.4) is 0 Å². The fourth-order valence-corrected chi connectivity index (χ4v) is 3.23. The minimum atomic E-state index is -0.582. The molecule has 2 amide bonds. The Bertz CT molecular complexity index is 932. The number of benzene rings is 1. The lowest BCUT2D eigenvalue weighted by molar-refractivity contribution is 0.0222. The van der Waals surface area contributed by atoms with Crippen LogP contribution in [0.4, 0.5) is 16.2 Å². The summed E-state index contributed by atoms with van der Waals surface area (Å²) < 4.78 is 7.14. The third kappa shape index (κ3) is 4.22. The highest BCUT2D eigenvalue weighted by atomic mass is 35.5. The second kappa shape index (κ2) is 7.35. The number of rotatable bonds is 2. The van der Waals surface area contributed by atoms with E-state index in [1.807, 2.05) is 20.8 Å². The molecule has 8 nitrogen and oxygen atoms in total. The summed E-state index contributed by atoms with van der Waals surface area (Å²) in [6.45, 7) is 6.24. The molecule has 0 saturated heterocycles. The van der Waals surface area contributed by atoms with Crippen LogP contribution in [0.15, 0.2) is 18.2 Å². The van der Waals surface area contributed by atoms with Crippen LogP contribution < -0.4 is 11.1 Å². The Balaban J connectivity index is 1.82. The second-order valence-electron chi connectivity index (χ2n) is 7.74. The molecule has 2 aromatic rings. The Labute approximate surface area is 168 Å². The van der Waals surface area contributed by atoms with Gasteiger partial charge in [0.1, 0.15) is 5.60 Å². The van der Waals surface area contributed by atoms with Crippen molar-refractivity contribution in [2.24, 2.45) is 7.05 Å². The van der Waals surface area contributed by atoms with Crippen molar-refractivity contribution in [1.29, 1.82) is 0 Å². The van der Waals surface area contributed by atoms with Gasteiger partial charge in [-0.3, -0.25) is 9.48 Å². The highest BCUT2D eigenvalue weighted by Gasteiger charge is 2.31. The number of hydrogen-bond donors (Lipinski definition) is 2. The molecular formula is C19H24ClN5O3. The highest BCUT2D eigenvalue weighted by molar-refractivity contribution is 6.33. The molecule has 1 aliphatic rings. The highest BCUT2D eigenvalue weighted by Crippen LogP contribution is 2.26. The first-order valence-electron chi connectivity index (χ1n) is 8.94. The van der Waals surface area contributed by atoms with Crippen LogP contribution in [0.2, 0.25) is 5.02 Å². The van der Waals surface area contributed by atoms with Crippen molar-refractivity contribution < 1.29 is 14.3 Å². The van der Waals surface area contributed by atoms with E-state index < -0.39 is 11.7 Å². The third-order valence-corrected chi connectivity index (χ3v) is 4.69. The van der Waals surface area contributed by atoms with Crippen LogP contribution in [0.1, 0.15) is 42.5 Å². The van der Waals surface area contributed by atoms with E-state index in [9.17, 15) is 9.59 Å². The zero-order chi connectivity index (χ0) is 20.6. The smallest absolute Gasteiger partial charge is 0.410 e. The van der Waals surface area contributed by atoms with Gasteiger partial charge in [0.25, 0.3) is 5.91 Å². The van der Waals surface area contributed by atoms with Crippen molar-refractivity contribution in [3.8, 4) is 0 Å². The lowest BCUT2D eigenvalue weighted by atomic mass is 10.0. The normalized spacial score (nSPS) is 13.8. The summed E-state index contributed by atoms with van der Waals surface area (Å²) in [5, 5.41) is 7.51. The van der Waals surface area contributed by atoms with E-state index in [2.05, 4.69) is 10.4 Å².